The maximum absolute atomic E-state index is 11.4. The summed E-state index contributed by atoms with van der Waals surface area (Å²) >= 11 is 0. The van der Waals surface area contributed by atoms with E-state index in [2.05, 4.69) is 16.6 Å². The summed E-state index contributed by atoms with van der Waals surface area (Å²) in [6.07, 6.45) is 3.45. The van der Waals surface area contributed by atoms with Crippen molar-refractivity contribution in [2.45, 2.75) is 31.7 Å². The van der Waals surface area contributed by atoms with E-state index in [0.29, 0.717) is 25.8 Å². The molecule has 0 aliphatic heterocycles. The topological polar surface area (TPSA) is 81.4 Å². The van der Waals surface area contributed by atoms with Crippen molar-refractivity contribution in [2.24, 2.45) is 5.73 Å². The van der Waals surface area contributed by atoms with E-state index in [9.17, 15) is 9.59 Å². The predicted molar refractivity (Wildman–Crippen MR) is 61.7 cm³/mol. The van der Waals surface area contributed by atoms with Crippen LogP contribution in [0.2, 0.25) is 0 Å². The summed E-state index contributed by atoms with van der Waals surface area (Å²) in [7, 11) is 1.34. The van der Waals surface area contributed by atoms with Crippen LogP contribution in [0.3, 0.4) is 0 Å². The average Bonchev–Trinajstić information content (AvgIpc) is 2.31. The summed E-state index contributed by atoms with van der Waals surface area (Å²) in [5.41, 5.74) is 5.30. The highest BCUT2D eigenvalue weighted by Crippen LogP contribution is 2.01. The lowest BCUT2D eigenvalue weighted by molar-refractivity contribution is -0.141. The van der Waals surface area contributed by atoms with Crippen LogP contribution in [0.1, 0.15) is 25.7 Å². The Bertz CT molecular complexity index is 241. The monoisotopic (exact) mass is 228 g/mol. The summed E-state index contributed by atoms with van der Waals surface area (Å²) in [4.78, 5) is 22.3. The molecular weight excluding hydrogens is 208 g/mol. The van der Waals surface area contributed by atoms with Crippen molar-refractivity contribution in [3.05, 3.63) is 12.7 Å². The first-order chi connectivity index (χ1) is 7.63. The zero-order valence-corrected chi connectivity index (χ0v) is 9.70. The fourth-order valence-corrected chi connectivity index (χ4v) is 1.17. The maximum atomic E-state index is 11.4. The molecule has 0 aliphatic carbocycles. The Labute approximate surface area is 96.0 Å². The first kappa shape index (κ1) is 14.6. The average molecular weight is 228 g/mol. The van der Waals surface area contributed by atoms with Gasteiger partial charge in [-0.05, 0) is 19.4 Å². The Hall–Kier alpha value is -1.36. The Kier molecular flexibility index (Phi) is 8.15. The van der Waals surface area contributed by atoms with Gasteiger partial charge in [-0.3, -0.25) is 9.59 Å². The van der Waals surface area contributed by atoms with Gasteiger partial charge >= 0.3 is 5.97 Å². The molecular formula is C11H20N2O3. The molecule has 0 bridgehead atoms. The molecule has 0 heterocycles. The number of hydrogen-bond acceptors (Lipinski definition) is 4. The summed E-state index contributed by atoms with van der Waals surface area (Å²) in [5.74, 6) is -0.358. The molecule has 1 amide bonds. The van der Waals surface area contributed by atoms with Crippen LogP contribution in [0.15, 0.2) is 12.7 Å². The first-order valence-corrected chi connectivity index (χ1v) is 5.32. The minimum Gasteiger partial charge on any atom is -0.469 e. The normalized spacial score (nSPS) is 11.6. The molecule has 0 aliphatic rings. The minimum absolute atomic E-state index is 0.0692. The van der Waals surface area contributed by atoms with Gasteiger partial charge in [-0.1, -0.05) is 6.08 Å². The zero-order valence-electron chi connectivity index (χ0n) is 9.70. The fourth-order valence-electron chi connectivity index (χ4n) is 1.17. The summed E-state index contributed by atoms with van der Waals surface area (Å²) in [6, 6.07) is -0.190. The third-order valence-electron chi connectivity index (χ3n) is 2.13. The number of carbonyl (C=O) groups is 2. The van der Waals surface area contributed by atoms with Gasteiger partial charge in [0.25, 0.3) is 0 Å². The molecule has 16 heavy (non-hydrogen) atoms. The molecule has 0 aromatic carbocycles. The third-order valence-corrected chi connectivity index (χ3v) is 2.13. The summed E-state index contributed by atoms with van der Waals surface area (Å²) < 4.78 is 4.51. The first-order valence-electron chi connectivity index (χ1n) is 5.32. The molecule has 92 valence electrons. The van der Waals surface area contributed by atoms with Crippen LogP contribution in [-0.4, -0.2) is 31.6 Å². The number of esters is 1. The molecule has 0 radical (unpaired) electrons. The Morgan fingerprint density at radius 3 is 2.69 bits per heavy atom. The van der Waals surface area contributed by atoms with Crippen molar-refractivity contribution in [1.29, 1.82) is 0 Å². The van der Waals surface area contributed by atoms with Gasteiger partial charge in [0.15, 0.2) is 0 Å². The summed E-state index contributed by atoms with van der Waals surface area (Å²) in [5, 5.41) is 2.76. The van der Waals surface area contributed by atoms with Gasteiger partial charge in [0.2, 0.25) is 5.91 Å². The molecule has 5 heteroatoms. The lowest BCUT2D eigenvalue weighted by atomic mass is 10.1. The van der Waals surface area contributed by atoms with Crippen LogP contribution in [0, 0.1) is 0 Å². The highest BCUT2D eigenvalue weighted by atomic mass is 16.5. The van der Waals surface area contributed by atoms with E-state index in [-0.39, 0.29) is 24.3 Å². The number of nitrogens with two attached hydrogens (primary N) is 1. The van der Waals surface area contributed by atoms with E-state index < -0.39 is 0 Å². The van der Waals surface area contributed by atoms with Gasteiger partial charge in [-0.2, -0.15) is 0 Å². The van der Waals surface area contributed by atoms with E-state index in [4.69, 9.17) is 5.73 Å². The smallest absolute Gasteiger partial charge is 0.305 e. The Morgan fingerprint density at radius 1 is 1.50 bits per heavy atom. The maximum Gasteiger partial charge on any atom is 0.305 e. The number of nitrogens with one attached hydrogen (secondary N) is 1. The molecule has 0 aromatic rings. The highest BCUT2D eigenvalue weighted by Gasteiger charge is 2.10. The van der Waals surface area contributed by atoms with Crippen LogP contribution in [0.4, 0.5) is 0 Å². The summed E-state index contributed by atoms with van der Waals surface area (Å²) in [6.45, 7) is 4.10. The van der Waals surface area contributed by atoms with Gasteiger partial charge in [0.1, 0.15) is 0 Å². The van der Waals surface area contributed by atoms with Crippen molar-refractivity contribution in [2.75, 3.05) is 13.7 Å². The Balaban J connectivity index is 3.86. The number of rotatable bonds is 8. The van der Waals surface area contributed by atoms with Gasteiger partial charge in [0, 0.05) is 18.9 Å². The second kappa shape index (κ2) is 8.91. The van der Waals surface area contributed by atoms with E-state index in [1.165, 1.54) is 7.11 Å². The quantitative estimate of drug-likeness (QED) is 0.464. The van der Waals surface area contributed by atoms with Crippen molar-refractivity contribution < 1.29 is 14.3 Å². The van der Waals surface area contributed by atoms with Crippen molar-refractivity contribution in [3.63, 3.8) is 0 Å². The van der Waals surface area contributed by atoms with Crippen molar-refractivity contribution in [3.8, 4) is 0 Å². The fraction of sp³-hybridized carbons (Fsp3) is 0.636. The molecule has 0 rings (SSSR count). The SMILES string of the molecule is C=CC(CCC(=O)OC)NC(=O)CCCN. The van der Waals surface area contributed by atoms with E-state index in [1.54, 1.807) is 6.08 Å². The van der Waals surface area contributed by atoms with Gasteiger partial charge < -0.3 is 15.8 Å². The lowest BCUT2D eigenvalue weighted by Crippen LogP contribution is -2.33. The third kappa shape index (κ3) is 7.00. The lowest BCUT2D eigenvalue weighted by Gasteiger charge is -2.13. The van der Waals surface area contributed by atoms with E-state index in [0.717, 1.165) is 0 Å². The Morgan fingerprint density at radius 2 is 2.19 bits per heavy atom. The highest BCUT2D eigenvalue weighted by molar-refractivity contribution is 5.76. The number of ether oxygens (including phenoxy) is 1. The number of amides is 1. The molecule has 1 unspecified atom stereocenters. The van der Waals surface area contributed by atoms with Crippen LogP contribution in [0.5, 0.6) is 0 Å². The van der Waals surface area contributed by atoms with Gasteiger partial charge in [-0.15, -0.1) is 6.58 Å². The van der Waals surface area contributed by atoms with Crippen molar-refractivity contribution in [1.82, 2.24) is 5.32 Å². The molecule has 5 nitrogen and oxygen atoms in total. The molecule has 0 saturated carbocycles. The number of methoxy groups -OCH3 is 1. The standard InChI is InChI=1S/C11H20N2O3/c1-3-9(6-7-11(15)16-2)13-10(14)5-4-8-12/h3,9H,1,4-8,12H2,2H3,(H,13,14). The molecule has 0 fully saturated rings. The van der Waals surface area contributed by atoms with E-state index >= 15 is 0 Å². The van der Waals surface area contributed by atoms with Crippen molar-refractivity contribution >= 4 is 11.9 Å². The molecule has 0 spiro atoms. The number of hydrogen-bond donors (Lipinski definition) is 2. The largest absolute Gasteiger partial charge is 0.469 e. The van der Waals surface area contributed by atoms with Crippen LogP contribution in [0.25, 0.3) is 0 Å². The second-order valence-corrected chi connectivity index (χ2v) is 3.42. The zero-order chi connectivity index (χ0) is 12.4. The molecule has 1 atom stereocenters. The van der Waals surface area contributed by atoms with E-state index in [1.807, 2.05) is 0 Å². The second-order valence-electron chi connectivity index (χ2n) is 3.42. The van der Waals surface area contributed by atoms with Crippen LogP contribution < -0.4 is 11.1 Å². The molecule has 0 aromatic heterocycles. The predicted octanol–water partition coefficient (Wildman–Crippen LogP) is 0.349. The number of carbonyl (C=O) groups excluding carboxylic acids is 2. The minimum atomic E-state index is -0.289. The van der Waals surface area contributed by atoms with Gasteiger partial charge in [-0.25, -0.2) is 0 Å². The molecule has 3 N–H and O–H groups in total. The molecule has 0 saturated heterocycles. The van der Waals surface area contributed by atoms with Crippen LogP contribution in [-0.2, 0) is 14.3 Å². The van der Waals surface area contributed by atoms with Gasteiger partial charge in [0.05, 0.1) is 7.11 Å². The van der Waals surface area contributed by atoms with Crippen LogP contribution >= 0.6 is 0 Å².